The molecule has 0 rings (SSSR count). The molecule has 0 aliphatic rings. The predicted octanol–water partition coefficient (Wildman–Crippen LogP) is -3.03. The second kappa shape index (κ2) is 96.1. The maximum Gasteiger partial charge on any atom is 2.00 e. The first kappa shape index (κ1) is 156. The van der Waals surface area contributed by atoms with Crippen LogP contribution in [0.25, 0.3) is 0 Å². The second-order valence-electron chi connectivity index (χ2n) is 0. The van der Waals surface area contributed by atoms with Crippen LogP contribution in [0.1, 0.15) is 2.85 Å². The summed E-state index contributed by atoms with van der Waals surface area (Å²) in [5.74, 6) is 0. The van der Waals surface area contributed by atoms with Gasteiger partial charge in [-0.1, -0.05) is 0 Å². The number of rotatable bonds is 0. The Morgan fingerprint density at radius 2 is 0.667 bits per heavy atom. The molecule has 0 radical (unpaired) electrons. The first-order valence-electron chi connectivity index (χ1n) is 0. The molecule has 4 nitrogen and oxygen atoms in total. The minimum Gasteiger partial charge on any atom is -1.00 e. The third-order valence-corrected chi connectivity index (χ3v) is 0. The molecule has 0 aromatic carbocycles. The van der Waals surface area contributed by atoms with Gasteiger partial charge in [-0.3, -0.25) is 0 Å². The topological polar surface area (TPSA) is 126 Å². The Kier molecular flexibility index (Phi) is 2500. The maximum atomic E-state index is 0. The number of hydrogen-bond acceptors (Lipinski definition) is 0. The van der Waals surface area contributed by atoms with Crippen molar-refractivity contribution in [3.05, 3.63) is 0 Å². The summed E-state index contributed by atoms with van der Waals surface area (Å²) in [7, 11) is 0. The molecule has 0 aromatic rings. The molecule has 0 unspecified atom stereocenters. The van der Waals surface area contributed by atoms with Gasteiger partial charge < -0.3 is 24.8 Å². The summed E-state index contributed by atoms with van der Waals surface area (Å²) in [6.07, 6.45) is 0. The van der Waals surface area contributed by atoms with Crippen LogP contribution in [0.15, 0.2) is 0 Å². The average Bonchev–Trinajstić information content (AvgIpc) is 0. The second-order valence-corrected chi connectivity index (χ2v) is 0. The largest absolute Gasteiger partial charge is 2.00 e. The van der Waals surface area contributed by atoms with E-state index in [2.05, 4.69) is 0 Å². The van der Waals surface area contributed by atoms with Crippen LogP contribution in [0, 0.1) is 0 Å². The van der Waals surface area contributed by atoms with Crippen molar-refractivity contribution in [3.8, 4) is 0 Å². The smallest absolute Gasteiger partial charge is 1.00 e. The fourth-order valence-corrected chi connectivity index (χ4v) is 0. The molecule has 0 fully saturated rings. The molecule has 6 heavy (non-hydrogen) atoms. The third-order valence-electron chi connectivity index (χ3n) is 0. The van der Waals surface area contributed by atoms with Gasteiger partial charge in [-0.15, -0.1) is 12.4 Å². The molecule has 0 bridgehead atoms. The molecule has 0 heterocycles. The van der Waals surface area contributed by atoms with Crippen LogP contribution in [0.4, 0.5) is 0 Å². The Labute approximate surface area is 74.5 Å². The summed E-state index contributed by atoms with van der Waals surface area (Å²) in [6, 6.07) is 0. The monoisotopic (exact) mass is 150 g/mol. The summed E-state index contributed by atoms with van der Waals surface area (Å²) in [4.78, 5) is 0. The van der Waals surface area contributed by atoms with E-state index in [0.717, 1.165) is 0 Å². The first-order chi connectivity index (χ1) is 0. The molecular formula is H11CaClO4. The molecule has 0 aromatic heterocycles. The zero-order chi connectivity index (χ0) is 0. The van der Waals surface area contributed by atoms with Gasteiger partial charge in [0, 0.05) is 0 Å². The van der Waals surface area contributed by atoms with E-state index in [9.17, 15) is 0 Å². The molecule has 0 saturated heterocycles. The van der Waals surface area contributed by atoms with E-state index >= 15 is 0 Å². The van der Waals surface area contributed by atoms with E-state index in [4.69, 9.17) is 0 Å². The van der Waals surface area contributed by atoms with Crippen LogP contribution in [-0.2, 0) is 0 Å². The van der Waals surface area contributed by atoms with Crippen molar-refractivity contribution in [1.29, 1.82) is 0 Å². The minimum absolute atomic E-state index is 0. The average molecular weight is 151 g/mol. The van der Waals surface area contributed by atoms with Crippen LogP contribution in [-0.4, -0.2) is 59.6 Å². The molecule has 0 aliphatic carbocycles. The predicted molar refractivity (Wildman–Crippen MR) is 29.7 cm³/mol. The van der Waals surface area contributed by atoms with E-state index in [1.54, 1.807) is 0 Å². The summed E-state index contributed by atoms with van der Waals surface area (Å²) in [6.45, 7) is 0. The molecule has 0 saturated carbocycles. The first-order valence-corrected chi connectivity index (χ1v) is 0. The molecular weight excluding hydrogens is 140 g/mol. The SMILES string of the molecule is Cl.O.O.O.O.[Ca+2].[H-].[H-]. The van der Waals surface area contributed by atoms with Crippen molar-refractivity contribution in [2.45, 2.75) is 0 Å². The Morgan fingerprint density at radius 3 is 0.667 bits per heavy atom. The van der Waals surface area contributed by atoms with Crippen molar-refractivity contribution < 1.29 is 24.8 Å². The van der Waals surface area contributed by atoms with Gasteiger partial charge in [-0.2, -0.15) is 0 Å². The number of halogens is 1. The van der Waals surface area contributed by atoms with Crippen molar-refractivity contribution in [2.75, 3.05) is 0 Å². The summed E-state index contributed by atoms with van der Waals surface area (Å²) < 4.78 is 0. The molecule has 0 aliphatic heterocycles. The van der Waals surface area contributed by atoms with E-state index < -0.39 is 0 Å². The Bertz CT molecular complexity index is 14.0. The quantitative estimate of drug-likeness (QED) is 0.326. The van der Waals surface area contributed by atoms with Crippen molar-refractivity contribution >= 4 is 50.1 Å². The molecule has 0 amide bonds. The number of hydrogen-bond donors (Lipinski definition) is 0. The zero-order valence-corrected chi connectivity index (χ0v) is 6.14. The zero-order valence-electron chi connectivity index (χ0n) is 5.12. The van der Waals surface area contributed by atoms with Gasteiger partial charge in [0.05, 0.1) is 0 Å². The Hall–Kier alpha value is 1.39. The van der Waals surface area contributed by atoms with Crippen LogP contribution in [0.5, 0.6) is 0 Å². The minimum atomic E-state index is 0. The van der Waals surface area contributed by atoms with Crippen molar-refractivity contribution in [2.24, 2.45) is 0 Å². The van der Waals surface area contributed by atoms with Gasteiger partial charge in [0.2, 0.25) is 0 Å². The Balaban J connectivity index is 0. The van der Waals surface area contributed by atoms with Crippen molar-refractivity contribution in [3.63, 3.8) is 0 Å². The summed E-state index contributed by atoms with van der Waals surface area (Å²) in [5.41, 5.74) is 0. The molecule has 8 N–H and O–H groups in total. The van der Waals surface area contributed by atoms with Crippen LogP contribution >= 0.6 is 12.4 Å². The van der Waals surface area contributed by atoms with Gasteiger partial charge >= 0.3 is 37.7 Å². The fourth-order valence-electron chi connectivity index (χ4n) is 0. The molecule has 6 heteroatoms. The Morgan fingerprint density at radius 1 is 0.667 bits per heavy atom. The van der Waals surface area contributed by atoms with E-state index in [0.29, 0.717) is 0 Å². The molecule has 0 spiro atoms. The van der Waals surface area contributed by atoms with Gasteiger partial charge in [0.25, 0.3) is 0 Å². The van der Waals surface area contributed by atoms with Crippen molar-refractivity contribution in [1.82, 2.24) is 0 Å². The summed E-state index contributed by atoms with van der Waals surface area (Å²) >= 11 is 0. The summed E-state index contributed by atoms with van der Waals surface area (Å²) in [5, 5.41) is 0. The van der Waals surface area contributed by atoms with Gasteiger partial charge in [0.15, 0.2) is 0 Å². The van der Waals surface area contributed by atoms with Gasteiger partial charge in [-0.05, 0) is 0 Å². The van der Waals surface area contributed by atoms with Gasteiger partial charge in [0.1, 0.15) is 0 Å². The van der Waals surface area contributed by atoms with E-state index in [-0.39, 0.29) is 74.9 Å². The van der Waals surface area contributed by atoms with Gasteiger partial charge in [-0.25, -0.2) is 0 Å². The fraction of sp³-hybridized carbons (Fsp3) is 0. The third kappa shape index (κ3) is 53.8. The van der Waals surface area contributed by atoms with Crippen LogP contribution in [0.3, 0.4) is 0 Å². The van der Waals surface area contributed by atoms with E-state index in [1.807, 2.05) is 0 Å². The van der Waals surface area contributed by atoms with E-state index in [1.165, 1.54) is 0 Å². The van der Waals surface area contributed by atoms with Crippen LogP contribution < -0.4 is 0 Å². The molecule has 0 atom stereocenters. The standard InChI is InChI=1S/Ca.ClH.4H2O.2H/h;1H;4*1H2;;/q+2;;;;;;2*-1. The van der Waals surface area contributed by atoms with Crippen LogP contribution in [0.2, 0.25) is 0 Å². The normalized spacial score (nSPS) is 0. The molecule has 44 valence electrons. The maximum absolute atomic E-state index is 0.